The molecular formula is C19H17FN2O4S. The molecule has 8 heteroatoms. The Hall–Kier alpha value is -3.00. The molecule has 2 aromatic carbocycles. The Morgan fingerprint density at radius 1 is 1.15 bits per heavy atom. The van der Waals surface area contributed by atoms with Crippen LogP contribution in [-0.4, -0.2) is 25.6 Å². The summed E-state index contributed by atoms with van der Waals surface area (Å²) in [5.74, 6) is -0.775. The Labute approximate surface area is 156 Å². The Morgan fingerprint density at radius 3 is 2.48 bits per heavy atom. The number of amides is 1. The highest BCUT2D eigenvalue weighted by Gasteiger charge is 2.20. The average Bonchev–Trinajstić information content (AvgIpc) is 2.98. The van der Waals surface area contributed by atoms with E-state index < -0.39 is 21.6 Å². The van der Waals surface area contributed by atoms with Crippen LogP contribution in [-0.2, 0) is 9.84 Å². The minimum Gasteiger partial charge on any atom is -0.440 e. The van der Waals surface area contributed by atoms with Gasteiger partial charge in [-0.25, -0.2) is 17.8 Å². The van der Waals surface area contributed by atoms with Gasteiger partial charge in [0.2, 0.25) is 5.89 Å². The van der Waals surface area contributed by atoms with Crippen molar-refractivity contribution in [1.82, 2.24) is 4.98 Å². The largest absolute Gasteiger partial charge is 0.440 e. The number of aromatic nitrogens is 1. The van der Waals surface area contributed by atoms with Crippen molar-refractivity contribution in [2.75, 3.05) is 11.6 Å². The van der Waals surface area contributed by atoms with Gasteiger partial charge < -0.3 is 9.73 Å². The zero-order valence-electron chi connectivity index (χ0n) is 14.9. The molecule has 0 aliphatic carbocycles. The number of carbonyl (C=O) groups is 1. The van der Waals surface area contributed by atoms with Crippen molar-refractivity contribution in [3.05, 3.63) is 65.3 Å². The Kier molecular flexibility index (Phi) is 4.84. The van der Waals surface area contributed by atoms with Crippen LogP contribution >= 0.6 is 0 Å². The molecule has 0 bridgehead atoms. The molecule has 140 valence electrons. The van der Waals surface area contributed by atoms with Gasteiger partial charge in [0.1, 0.15) is 11.6 Å². The average molecular weight is 388 g/mol. The van der Waals surface area contributed by atoms with Crippen LogP contribution < -0.4 is 5.32 Å². The second-order valence-electron chi connectivity index (χ2n) is 6.11. The van der Waals surface area contributed by atoms with Gasteiger partial charge in [0, 0.05) is 11.9 Å². The van der Waals surface area contributed by atoms with Crippen molar-refractivity contribution in [3.8, 4) is 11.5 Å². The van der Waals surface area contributed by atoms with Crippen LogP contribution in [0.1, 0.15) is 21.8 Å². The van der Waals surface area contributed by atoms with E-state index in [4.69, 9.17) is 4.42 Å². The van der Waals surface area contributed by atoms with Crippen LogP contribution in [0.15, 0.2) is 51.8 Å². The summed E-state index contributed by atoms with van der Waals surface area (Å²) < 4.78 is 42.6. The molecule has 1 heterocycles. The summed E-state index contributed by atoms with van der Waals surface area (Å²) in [5, 5.41) is 2.68. The maximum atomic E-state index is 13.9. The number of nitrogens with zero attached hydrogens (tertiary/aromatic N) is 1. The van der Waals surface area contributed by atoms with Crippen molar-refractivity contribution >= 4 is 21.4 Å². The van der Waals surface area contributed by atoms with E-state index in [1.807, 2.05) is 0 Å². The van der Waals surface area contributed by atoms with Crippen molar-refractivity contribution in [1.29, 1.82) is 0 Å². The lowest BCUT2D eigenvalue weighted by atomic mass is 10.2. The molecular weight excluding hydrogens is 371 g/mol. The van der Waals surface area contributed by atoms with Crippen LogP contribution in [0.5, 0.6) is 0 Å². The van der Waals surface area contributed by atoms with Gasteiger partial charge in [-0.1, -0.05) is 12.1 Å². The number of sulfone groups is 1. The molecule has 0 radical (unpaired) electrons. The Morgan fingerprint density at radius 2 is 1.85 bits per heavy atom. The number of oxazole rings is 1. The molecule has 3 rings (SSSR count). The Balaban J connectivity index is 1.89. The maximum absolute atomic E-state index is 13.9. The molecule has 3 aromatic rings. The highest BCUT2D eigenvalue weighted by molar-refractivity contribution is 7.90. The van der Waals surface area contributed by atoms with E-state index in [0.29, 0.717) is 11.3 Å². The summed E-state index contributed by atoms with van der Waals surface area (Å²) in [6.07, 6.45) is 1.11. The quantitative estimate of drug-likeness (QED) is 0.735. The third kappa shape index (κ3) is 3.90. The van der Waals surface area contributed by atoms with Crippen molar-refractivity contribution in [2.45, 2.75) is 18.7 Å². The number of halogens is 1. The minimum absolute atomic E-state index is 0.0138. The van der Waals surface area contributed by atoms with E-state index in [1.54, 1.807) is 26.0 Å². The predicted molar refractivity (Wildman–Crippen MR) is 98.9 cm³/mol. The summed E-state index contributed by atoms with van der Waals surface area (Å²) in [7, 11) is -3.34. The molecule has 0 atom stereocenters. The van der Waals surface area contributed by atoms with Gasteiger partial charge in [0.05, 0.1) is 10.5 Å². The first-order valence-corrected chi connectivity index (χ1v) is 9.90. The summed E-state index contributed by atoms with van der Waals surface area (Å²) in [4.78, 5) is 16.8. The number of nitrogens with one attached hydrogen (secondary N) is 1. The van der Waals surface area contributed by atoms with Gasteiger partial charge in [-0.15, -0.1) is 0 Å². The van der Waals surface area contributed by atoms with Gasteiger partial charge in [-0.2, -0.15) is 0 Å². The summed E-state index contributed by atoms with van der Waals surface area (Å²) in [6, 6.07) is 10.4. The van der Waals surface area contributed by atoms with E-state index in [9.17, 15) is 17.6 Å². The zero-order valence-corrected chi connectivity index (χ0v) is 15.7. The van der Waals surface area contributed by atoms with Gasteiger partial charge in [-0.05, 0) is 49.7 Å². The molecule has 0 unspecified atom stereocenters. The first-order valence-electron chi connectivity index (χ1n) is 8.01. The molecule has 0 aliphatic heterocycles. The lowest BCUT2D eigenvalue weighted by Crippen LogP contribution is -2.14. The SMILES string of the molecule is Cc1cc(S(C)(=O)=O)ccc1NC(=O)c1nc(-c2ccccc2F)oc1C. The fourth-order valence-electron chi connectivity index (χ4n) is 2.55. The second kappa shape index (κ2) is 6.96. The number of rotatable bonds is 4. The van der Waals surface area contributed by atoms with E-state index in [-0.39, 0.29) is 27.8 Å². The number of anilines is 1. The van der Waals surface area contributed by atoms with Crippen LogP contribution in [0.4, 0.5) is 10.1 Å². The first-order chi connectivity index (χ1) is 12.7. The molecule has 0 saturated carbocycles. The molecule has 0 aliphatic rings. The molecule has 0 saturated heterocycles. The van der Waals surface area contributed by atoms with Gasteiger partial charge in [0.25, 0.3) is 5.91 Å². The second-order valence-corrected chi connectivity index (χ2v) is 8.12. The maximum Gasteiger partial charge on any atom is 0.277 e. The summed E-state index contributed by atoms with van der Waals surface area (Å²) in [5.41, 5.74) is 1.22. The highest BCUT2D eigenvalue weighted by atomic mass is 32.2. The van der Waals surface area contributed by atoms with Gasteiger partial charge in [-0.3, -0.25) is 4.79 Å². The van der Waals surface area contributed by atoms with E-state index >= 15 is 0 Å². The molecule has 27 heavy (non-hydrogen) atoms. The predicted octanol–water partition coefficient (Wildman–Crippen LogP) is 3.75. The number of carbonyl (C=O) groups excluding carboxylic acids is 1. The van der Waals surface area contributed by atoms with Crippen LogP contribution in [0, 0.1) is 19.7 Å². The first kappa shape index (κ1) is 18.8. The Bertz CT molecular complexity index is 1140. The fourth-order valence-corrected chi connectivity index (χ4v) is 3.25. The number of hydrogen-bond acceptors (Lipinski definition) is 5. The number of benzene rings is 2. The van der Waals surface area contributed by atoms with E-state index in [0.717, 1.165) is 6.26 Å². The van der Waals surface area contributed by atoms with Crippen molar-refractivity contribution < 1.29 is 22.0 Å². The number of hydrogen-bond donors (Lipinski definition) is 1. The standard InChI is InChI=1S/C19H17FN2O4S/c1-11-10-13(27(3,24)25)8-9-16(11)21-18(23)17-12(2)26-19(22-17)14-6-4-5-7-15(14)20/h4-10H,1-3H3,(H,21,23). The molecule has 0 spiro atoms. The molecule has 1 N–H and O–H groups in total. The lowest BCUT2D eigenvalue weighted by molar-refractivity contribution is 0.102. The lowest BCUT2D eigenvalue weighted by Gasteiger charge is -2.09. The normalized spacial score (nSPS) is 11.4. The van der Waals surface area contributed by atoms with Crippen molar-refractivity contribution in [3.63, 3.8) is 0 Å². The minimum atomic E-state index is -3.34. The van der Waals surface area contributed by atoms with Crippen LogP contribution in [0.2, 0.25) is 0 Å². The van der Waals surface area contributed by atoms with Gasteiger partial charge >= 0.3 is 0 Å². The third-order valence-electron chi connectivity index (χ3n) is 3.99. The molecule has 1 amide bonds. The topological polar surface area (TPSA) is 89.3 Å². The van der Waals surface area contributed by atoms with E-state index in [2.05, 4.69) is 10.3 Å². The smallest absolute Gasteiger partial charge is 0.277 e. The van der Waals surface area contributed by atoms with Gasteiger partial charge in [0.15, 0.2) is 15.5 Å². The summed E-state index contributed by atoms with van der Waals surface area (Å²) >= 11 is 0. The zero-order chi connectivity index (χ0) is 19.8. The molecule has 1 aromatic heterocycles. The van der Waals surface area contributed by atoms with Crippen LogP contribution in [0.3, 0.4) is 0 Å². The van der Waals surface area contributed by atoms with E-state index in [1.165, 1.54) is 30.3 Å². The van der Waals surface area contributed by atoms with Crippen LogP contribution in [0.25, 0.3) is 11.5 Å². The highest BCUT2D eigenvalue weighted by Crippen LogP contribution is 2.25. The fraction of sp³-hybridized carbons (Fsp3) is 0.158. The molecule has 6 nitrogen and oxygen atoms in total. The molecule has 0 fully saturated rings. The summed E-state index contributed by atoms with van der Waals surface area (Å²) in [6.45, 7) is 3.25. The van der Waals surface area contributed by atoms with Crippen molar-refractivity contribution in [2.24, 2.45) is 0 Å². The number of aryl methyl sites for hydroxylation is 2. The monoisotopic (exact) mass is 388 g/mol. The third-order valence-corrected chi connectivity index (χ3v) is 5.10.